The molecule has 0 radical (unpaired) electrons. The van der Waals surface area contributed by atoms with Crippen LogP contribution < -0.4 is 5.32 Å². The second kappa shape index (κ2) is 9.00. The molecule has 0 saturated carbocycles. The van der Waals surface area contributed by atoms with Crippen LogP contribution in [-0.4, -0.2) is 35.2 Å². The summed E-state index contributed by atoms with van der Waals surface area (Å²) in [6, 6.07) is 11.2. The Labute approximate surface area is 166 Å². The minimum absolute atomic E-state index is 0.0246. The third kappa shape index (κ3) is 4.24. The lowest BCUT2D eigenvalue weighted by Crippen LogP contribution is -2.41. The summed E-state index contributed by atoms with van der Waals surface area (Å²) in [4.78, 5) is 39.1. The Morgan fingerprint density at radius 3 is 2.25 bits per heavy atom. The molecule has 3 rings (SSSR count). The van der Waals surface area contributed by atoms with Crippen LogP contribution in [0.25, 0.3) is 10.8 Å². The summed E-state index contributed by atoms with van der Waals surface area (Å²) >= 11 is 0. The molecule has 0 aliphatic carbocycles. The van der Waals surface area contributed by atoms with Crippen LogP contribution in [0.4, 0.5) is 0 Å². The van der Waals surface area contributed by atoms with Gasteiger partial charge in [0.15, 0.2) is 0 Å². The maximum absolute atomic E-state index is 12.8. The van der Waals surface area contributed by atoms with Gasteiger partial charge in [-0.2, -0.15) is 0 Å². The number of unbranched alkanes of at least 4 members (excludes halogenated alkanes) is 2. The van der Waals surface area contributed by atoms with Gasteiger partial charge in [-0.05, 0) is 37.3 Å². The number of amides is 3. The Kier molecular flexibility index (Phi) is 6.45. The van der Waals surface area contributed by atoms with Crippen molar-refractivity contribution in [2.45, 2.75) is 58.4 Å². The summed E-state index contributed by atoms with van der Waals surface area (Å²) in [6.07, 6.45) is 5.19. The van der Waals surface area contributed by atoms with E-state index in [1.807, 2.05) is 31.2 Å². The molecule has 148 valence electrons. The minimum atomic E-state index is -0.275. The number of rotatable bonds is 9. The van der Waals surface area contributed by atoms with Gasteiger partial charge in [0, 0.05) is 35.5 Å². The molecule has 0 spiro atoms. The smallest absolute Gasteiger partial charge is 0.261 e. The number of nitrogens with one attached hydrogen (secondary N) is 1. The summed E-state index contributed by atoms with van der Waals surface area (Å²) in [5.41, 5.74) is 1.11. The molecule has 5 nitrogen and oxygen atoms in total. The molecule has 0 saturated heterocycles. The first-order valence-electron chi connectivity index (χ1n) is 10.2. The molecular weight excluding hydrogens is 352 g/mol. The zero-order chi connectivity index (χ0) is 20.1. The van der Waals surface area contributed by atoms with Crippen molar-refractivity contribution >= 4 is 28.5 Å². The Balaban J connectivity index is 1.58. The normalized spacial score (nSPS) is 14.4. The molecule has 2 aromatic carbocycles. The van der Waals surface area contributed by atoms with Crippen molar-refractivity contribution in [2.75, 3.05) is 6.54 Å². The van der Waals surface area contributed by atoms with Crippen LogP contribution in [0.5, 0.6) is 0 Å². The first-order valence-corrected chi connectivity index (χ1v) is 10.2. The molecule has 3 amide bonds. The molecule has 1 N–H and O–H groups in total. The number of carbonyl (C=O) groups excluding carboxylic acids is 3. The third-order valence-corrected chi connectivity index (χ3v) is 5.29. The number of benzene rings is 2. The van der Waals surface area contributed by atoms with Gasteiger partial charge < -0.3 is 5.32 Å². The van der Waals surface area contributed by atoms with Crippen LogP contribution >= 0.6 is 0 Å². The Morgan fingerprint density at radius 1 is 1.00 bits per heavy atom. The van der Waals surface area contributed by atoms with E-state index in [1.165, 1.54) is 11.3 Å². The first kappa shape index (κ1) is 20.1. The standard InChI is InChI=1S/C23H28N2O3/c1-3-4-5-9-16(2)24-20(26)14-8-15-25-22(27)18-12-6-10-17-11-7-13-19(21(17)18)23(25)28/h6-7,10-13,16H,3-5,8-9,14-15H2,1-2H3,(H,24,26). The average molecular weight is 380 g/mol. The molecule has 1 aliphatic heterocycles. The quantitative estimate of drug-likeness (QED) is 0.521. The molecule has 28 heavy (non-hydrogen) atoms. The van der Waals surface area contributed by atoms with Crippen molar-refractivity contribution in [1.82, 2.24) is 10.2 Å². The molecule has 1 unspecified atom stereocenters. The van der Waals surface area contributed by atoms with Gasteiger partial charge >= 0.3 is 0 Å². The van der Waals surface area contributed by atoms with Crippen LogP contribution in [0.3, 0.4) is 0 Å². The van der Waals surface area contributed by atoms with Gasteiger partial charge in [-0.15, -0.1) is 0 Å². The van der Waals surface area contributed by atoms with E-state index in [-0.39, 0.29) is 30.3 Å². The molecular formula is C23H28N2O3. The highest BCUT2D eigenvalue weighted by Crippen LogP contribution is 2.30. The van der Waals surface area contributed by atoms with Crippen molar-refractivity contribution in [2.24, 2.45) is 0 Å². The molecule has 2 aromatic rings. The van der Waals surface area contributed by atoms with Gasteiger partial charge in [0.2, 0.25) is 5.91 Å². The minimum Gasteiger partial charge on any atom is -0.354 e. The summed E-state index contributed by atoms with van der Waals surface area (Å²) in [7, 11) is 0. The van der Waals surface area contributed by atoms with Crippen LogP contribution in [0.15, 0.2) is 36.4 Å². The SMILES string of the molecule is CCCCCC(C)NC(=O)CCCN1C(=O)c2cccc3cccc(c23)C1=O. The largest absolute Gasteiger partial charge is 0.354 e. The predicted octanol–water partition coefficient (Wildman–Crippen LogP) is 4.30. The Hall–Kier alpha value is -2.69. The van der Waals surface area contributed by atoms with Gasteiger partial charge in [0.25, 0.3) is 11.8 Å². The Bertz CT molecular complexity index is 840. The molecule has 1 atom stereocenters. The van der Waals surface area contributed by atoms with Gasteiger partial charge in [-0.3, -0.25) is 19.3 Å². The van der Waals surface area contributed by atoms with E-state index in [0.717, 1.165) is 30.0 Å². The van der Waals surface area contributed by atoms with Gasteiger partial charge in [0.1, 0.15) is 0 Å². The number of imide groups is 1. The summed E-state index contributed by atoms with van der Waals surface area (Å²) in [5.74, 6) is -0.575. The predicted molar refractivity (Wildman–Crippen MR) is 110 cm³/mol. The fourth-order valence-electron chi connectivity index (χ4n) is 3.80. The summed E-state index contributed by atoms with van der Waals surface area (Å²) < 4.78 is 0. The van der Waals surface area contributed by atoms with E-state index in [4.69, 9.17) is 0 Å². The topological polar surface area (TPSA) is 66.5 Å². The lowest BCUT2D eigenvalue weighted by molar-refractivity contribution is -0.121. The molecule has 0 bridgehead atoms. The number of hydrogen-bond donors (Lipinski definition) is 1. The van der Waals surface area contributed by atoms with Gasteiger partial charge in [-0.1, -0.05) is 50.5 Å². The lowest BCUT2D eigenvalue weighted by atomic mass is 9.94. The maximum atomic E-state index is 12.8. The number of hydrogen-bond acceptors (Lipinski definition) is 3. The highest BCUT2D eigenvalue weighted by Gasteiger charge is 2.32. The van der Waals surface area contributed by atoms with Crippen molar-refractivity contribution in [3.63, 3.8) is 0 Å². The molecule has 0 aromatic heterocycles. The molecule has 5 heteroatoms. The monoisotopic (exact) mass is 380 g/mol. The Morgan fingerprint density at radius 2 is 1.64 bits per heavy atom. The van der Waals surface area contributed by atoms with Gasteiger partial charge in [-0.25, -0.2) is 0 Å². The van der Waals surface area contributed by atoms with E-state index >= 15 is 0 Å². The fourth-order valence-corrected chi connectivity index (χ4v) is 3.80. The fraction of sp³-hybridized carbons (Fsp3) is 0.435. The highest BCUT2D eigenvalue weighted by atomic mass is 16.2. The van der Waals surface area contributed by atoms with E-state index in [1.54, 1.807) is 12.1 Å². The average Bonchev–Trinajstić information content (AvgIpc) is 2.68. The van der Waals surface area contributed by atoms with Crippen molar-refractivity contribution in [3.8, 4) is 0 Å². The van der Waals surface area contributed by atoms with E-state index < -0.39 is 0 Å². The van der Waals surface area contributed by atoms with Crippen LogP contribution in [0.2, 0.25) is 0 Å². The zero-order valence-corrected chi connectivity index (χ0v) is 16.7. The maximum Gasteiger partial charge on any atom is 0.261 e. The molecule has 1 heterocycles. The zero-order valence-electron chi connectivity index (χ0n) is 16.7. The first-order chi connectivity index (χ1) is 13.5. The van der Waals surface area contributed by atoms with Crippen LogP contribution in [0.1, 0.15) is 73.1 Å². The van der Waals surface area contributed by atoms with E-state index in [2.05, 4.69) is 12.2 Å². The molecule has 0 fully saturated rings. The second-order valence-electron chi connectivity index (χ2n) is 7.54. The number of nitrogens with zero attached hydrogens (tertiary/aromatic N) is 1. The van der Waals surface area contributed by atoms with E-state index in [9.17, 15) is 14.4 Å². The van der Waals surface area contributed by atoms with Crippen molar-refractivity contribution in [3.05, 3.63) is 47.5 Å². The third-order valence-electron chi connectivity index (χ3n) is 5.29. The van der Waals surface area contributed by atoms with Crippen molar-refractivity contribution < 1.29 is 14.4 Å². The van der Waals surface area contributed by atoms with Crippen molar-refractivity contribution in [1.29, 1.82) is 0 Å². The number of carbonyl (C=O) groups is 3. The van der Waals surface area contributed by atoms with Crippen LogP contribution in [0, 0.1) is 0 Å². The second-order valence-corrected chi connectivity index (χ2v) is 7.54. The van der Waals surface area contributed by atoms with E-state index in [0.29, 0.717) is 24.0 Å². The lowest BCUT2D eigenvalue weighted by Gasteiger charge is -2.27. The van der Waals surface area contributed by atoms with Crippen LogP contribution in [-0.2, 0) is 4.79 Å². The molecule has 1 aliphatic rings. The summed E-state index contributed by atoms with van der Waals surface area (Å²) in [6.45, 7) is 4.42. The summed E-state index contributed by atoms with van der Waals surface area (Å²) in [5, 5.41) is 4.63. The highest BCUT2D eigenvalue weighted by molar-refractivity contribution is 6.25. The van der Waals surface area contributed by atoms with Gasteiger partial charge in [0.05, 0.1) is 0 Å².